The number of hydrogen-bond donors (Lipinski definition) is 2. The van der Waals surface area contributed by atoms with Crippen LogP contribution in [0.3, 0.4) is 0 Å². The summed E-state index contributed by atoms with van der Waals surface area (Å²) in [5.41, 5.74) is 3.88. The fourth-order valence-electron chi connectivity index (χ4n) is 3.85. The molecule has 2 N–H and O–H groups in total. The molecule has 0 amide bonds. The number of aromatic nitrogens is 1. The lowest BCUT2D eigenvalue weighted by Crippen LogP contribution is -2.44. The molecule has 0 saturated carbocycles. The summed E-state index contributed by atoms with van der Waals surface area (Å²) in [6.45, 7) is 7.89. The summed E-state index contributed by atoms with van der Waals surface area (Å²) in [4.78, 5) is 20.2. The molecule has 6 nitrogen and oxygen atoms in total. The van der Waals surface area contributed by atoms with Gasteiger partial charge in [0.05, 0.1) is 18.2 Å². The second-order valence-electron chi connectivity index (χ2n) is 8.50. The summed E-state index contributed by atoms with van der Waals surface area (Å²) in [6, 6.07) is 6.16. The normalized spacial score (nSPS) is 16.4. The Morgan fingerprint density at radius 2 is 2.13 bits per heavy atom. The second-order valence-corrected chi connectivity index (χ2v) is 8.89. The van der Waals surface area contributed by atoms with E-state index in [0.717, 1.165) is 61.0 Å². The molecule has 1 aromatic heterocycles. The number of nitrogens with one attached hydrogen (secondary N) is 2. The highest BCUT2D eigenvalue weighted by Gasteiger charge is 2.22. The molecule has 1 aliphatic heterocycles. The van der Waals surface area contributed by atoms with Gasteiger partial charge in [-0.1, -0.05) is 12.1 Å². The van der Waals surface area contributed by atoms with Gasteiger partial charge in [-0.15, -0.1) is 0 Å². The van der Waals surface area contributed by atoms with E-state index in [4.69, 9.17) is 17.0 Å². The van der Waals surface area contributed by atoms with Gasteiger partial charge in [0, 0.05) is 25.3 Å². The van der Waals surface area contributed by atoms with Gasteiger partial charge >= 0.3 is 0 Å². The van der Waals surface area contributed by atoms with Crippen LogP contribution in [-0.4, -0.2) is 66.3 Å². The molecule has 1 atom stereocenters. The van der Waals surface area contributed by atoms with Crippen molar-refractivity contribution in [2.75, 3.05) is 40.3 Å². The van der Waals surface area contributed by atoms with Gasteiger partial charge in [-0.3, -0.25) is 4.79 Å². The average molecular weight is 431 g/mol. The first kappa shape index (κ1) is 22.7. The first-order valence-corrected chi connectivity index (χ1v) is 11.2. The van der Waals surface area contributed by atoms with E-state index in [-0.39, 0.29) is 11.7 Å². The van der Waals surface area contributed by atoms with Crippen LogP contribution in [0.15, 0.2) is 23.0 Å². The third-order valence-corrected chi connectivity index (χ3v) is 6.19. The average Bonchev–Trinajstić information content (AvgIpc) is 3.21. The molecule has 0 bridgehead atoms. The number of nitrogens with zero attached hydrogens (tertiary/aromatic N) is 2. The van der Waals surface area contributed by atoms with Crippen LogP contribution in [0.1, 0.15) is 36.0 Å². The first-order valence-electron chi connectivity index (χ1n) is 10.8. The van der Waals surface area contributed by atoms with Gasteiger partial charge in [-0.2, -0.15) is 0 Å². The van der Waals surface area contributed by atoms with Crippen LogP contribution in [0.4, 0.5) is 0 Å². The number of aryl methyl sites for hydroxylation is 2. The maximum atomic E-state index is 12.8. The van der Waals surface area contributed by atoms with Crippen molar-refractivity contribution >= 4 is 28.2 Å². The molecular weight excluding hydrogens is 396 g/mol. The fraction of sp³-hybridized carbons (Fsp3) is 0.565. The molecule has 2 heterocycles. The predicted molar refractivity (Wildman–Crippen MR) is 127 cm³/mol. The lowest BCUT2D eigenvalue weighted by molar-refractivity contribution is 0.0897. The minimum absolute atomic E-state index is 0.0519. The molecule has 0 spiro atoms. The number of thiocarbonyl (C=S) groups is 1. The van der Waals surface area contributed by atoms with E-state index in [2.05, 4.69) is 53.3 Å². The number of aromatic amines is 1. The highest BCUT2D eigenvalue weighted by molar-refractivity contribution is 7.80. The standard InChI is InChI=1S/C23H34N4O2S/c1-16-8-9-18-13-19(22(28)25-21(18)17(16)2)14-27(15-20-7-5-12-29-20)23(30)24-10-6-11-26(3)4/h8-9,13,20H,5-7,10-12,14-15H2,1-4H3,(H,24,30)(H,25,28). The highest BCUT2D eigenvalue weighted by Crippen LogP contribution is 2.20. The maximum absolute atomic E-state index is 12.8. The summed E-state index contributed by atoms with van der Waals surface area (Å²) in [5, 5.41) is 5.10. The molecule has 1 unspecified atom stereocenters. The zero-order chi connectivity index (χ0) is 21.7. The van der Waals surface area contributed by atoms with Gasteiger partial charge in [0.15, 0.2) is 5.11 Å². The molecule has 3 rings (SSSR count). The van der Waals surface area contributed by atoms with Crippen molar-refractivity contribution in [2.45, 2.75) is 45.8 Å². The quantitative estimate of drug-likeness (QED) is 0.496. The summed E-state index contributed by atoms with van der Waals surface area (Å²) in [5.74, 6) is 0. The molecule has 7 heteroatoms. The van der Waals surface area contributed by atoms with Crippen LogP contribution >= 0.6 is 12.2 Å². The van der Waals surface area contributed by atoms with E-state index in [1.807, 2.05) is 13.0 Å². The third-order valence-electron chi connectivity index (χ3n) is 5.78. The molecule has 30 heavy (non-hydrogen) atoms. The Labute approximate surface area is 184 Å². The summed E-state index contributed by atoms with van der Waals surface area (Å²) in [7, 11) is 4.13. The number of hydrogen-bond acceptors (Lipinski definition) is 4. The van der Waals surface area contributed by atoms with Gasteiger partial charge in [-0.05, 0) is 88.5 Å². The zero-order valence-corrected chi connectivity index (χ0v) is 19.4. The van der Waals surface area contributed by atoms with Crippen LogP contribution in [0.25, 0.3) is 10.9 Å². The number of ether oxygens (including phenoxy) is 1. The van der Waals surface area contributed by atoms with Crippen molar-refractivity contribution in [3.05, 3.63) is 45.2 Å². The van der Waals surface area contributed by atoms with Gasteiger partial charge in [-0.25, -0.2) is 0 Å². The topological polar surface area (TPSA) is 60.6 Å². The van der Waals surface area contributed by atoms with Crippen molar-refractivity contribution in [3.8, 4) is 0 Å². The van der Waals surface area contributed by atoms with Crippen molar-refractivity contribution in [1.29, 1.82) is 0 Å². The van der Waals surface area contributed by atoms with Gasteiger partial charge in [0.2, 0.25) is 0 Å². The lowest BCUT2D eigenvalue weighted by Gasteiger charge is -2.28. The van der Waals surface area contributed by atoms with E-state index in [1.165, 1.54) is 5.56 Å². The maximum Gasteiger partial charge on any atom is 0.253 e. The summed E-state index contributed by atoms with van der Waals surface area (Å²) >= 11 is 5.70. The molecule has 1 fully saturated rings. The predicted octanol–water partition coefficient (Wildman–Crippen LogP) is 2.95. The van der Waals surface area contributed by atoms with Crippen molar-refractivity contribution in [1.82, 2.24) is 20.1 Å². The van der Waals surface area contributed by atoms with E-state index in [9.17, 15) is 4.79 Å². The molecule has 1 aliphatic rings. The van der Waals surface area contributed by atoms with Gasteiger partial charge in [0.1, 0.15) is 0 Å². The Morgan fingerprint density at radius 3 is 2.83 bits per heavy atom. The van der Waals surface area contributed by atoms with Crippen molar-refractivity contribution < 1.29 is 4.74 Å². The Hall–Kier alpha value is -1.96. The number of pyridine rings is 1. The number of rotatable bonds is 8. The van der Waals surface area contributed by atoms with Crippen LogP contribution in [0.2, 0.25) is 0 Å². The monoisotopic (exact) mass is 430 g/mol. The molecular formula is C23H34N4O2S. The van der Waals surface area contributed by atoms with Crippen LogP contribution < -0.4 is 10.9 Å². The van der Waals surface area contributed by atoms with Crippen LogP contribution in [0.5, 0.6) is 0 Å². The van der Waals surface area contributed by atoms with Crippen molar-refractivity contribution in [2.24, 2.45) is 0 Å². The minimum atomic E-state index is -0.0519. The fourth-order valence-corrected chi connectivity index (χ4v) is 4.09. The van der Waals surface area contributed by atoms with Crippen LogP contribution in [0, 0.1) is 13.8 Å². The minimum Gasteiger partial charge on any atom is -0.376 e. The van der Waals surface area contributed by atoms with Gasteiger partial charge < -0.3 is 24.8 Å². The number of benzene rings is 1. The molecule has 164 valence electrons. The van der Waals surface area contributed by atoms with E-state index >= 15 is 0 Å². The van der Waals surface area contributed by atoms with E-state index in [1.54, 1.807) is 0 Å². The number of fused-ring (bicyclic) bond motifs is 1. The Balaban J connectivity index is 1.77. The highest BCUT2D eigenvalue weighted by atomic mass is 32.1. The van der Waals surface area contributed by atoms with E-state index in [0.29, 0.717) is 18.2 Å². The molecule has 2 aromatic rings. The van der Waals surface area contributed by atoms with Gasteiger partial charge in [0.25, 0.3) is 5.56 Å². The van der Waals surface area contributed by atoms with E-state index < -0.39 is 0 Å². The number of H-pyrrole nitrogens is 1. The third kappa shape index (κ3) is 5.80. The summed E-state index contributed by atoms with van der Waals surface area (Å²) < 4.78 is 5.84. The molecule has 1 saturated heterocycles. The second kappa shape index (κ2) is 10.4. The Kier molecular flexibility index (Phi) is 7.86. The SMILES string of the molecule is Cc1ccc2cc(CN(CC3CCCO3)C(=S)NCCCN(C)C)c(=O)[nH]c2c1C. The zero-order valence-electron chi connectivity index (χ0n) is 18.6. The molecule has 0 aliphatic carbocycles. The Bertz CT molecular complexity index is 935. The smallest absolute Gasteiger partial charge is 0.253 e. The molecule has 0 radical (unpaired) electrons. The summed E-state index contributed by atoms with van der Waals surface area (Å²) in [6.07, 6.45) is 3.29. The van der Waals surface area contributed by atoms with Crippen LogP contribution in [-0.2, 0) is 11.3 Å². The lowest BCUT2D eigenvalue weighted by atomic mass is 10.0. The first-order chi connectivity index (χ1) is 14.3. The Morgan fingerprint density at radius 1 is 1.33 bits per heavy atom. The van der Waals surface area contributed by atoms with Crippen molar-refractivity contribution in [3.63, 3.8) is 0 Å². The largest absolute Gasteiger partial charge is 0.376 e. The molecule has 1 aromatic carbocycles.